The molecule has 1 fully saturated rings. The molecule has 2 aromatic rings. The van der Waals surface area contributed by atoms with Gasteiger partial charge in [0.15, 0.2) is 0 Å². The molecule has 1 saturated heterocycles. The highest BCUT2D eigenvalue weighted by atomic mass is 16.2. The lowest BCUT2D eigenvalue weighted by Crippen LogP contribution is -2.44. The Morgan fingerprint density at radius 2 is 1.93 bits per heavy atom. The molecule has 1 amide bonds. The molecule has 1 aliphatic rings. The van der Waals surface area contributed by atoms with E-state index >= 15 is 0 Å². The van der Waals surface area contributed by atoms with Gasteiger partial charge in [-0.2, -0.15) is 0 Å². The van der Waals surface area contributed by atoms with E-state index in [0.29, 0.717) is 36.6 Å². The zero-order chi connectivity index (χ0) is 19.4. The molecule has 0 aliphatic carbocycles. The molecule has 0 spiro atoms. The van der Waals surface area contributed by atoms with E-state index in [2.05, 4.69) is 9.97 Å². The van der Waals surface area contributed by atoms with Crippen molar-refractivity contribution in [2.45, 2.75) is 39.5 Å². The maximum Gasteiger partial charge on any atom is 0.254 e. The molecule has 1 aromatic carbocycles. The van der Waals surface area contributed by atoms with Crippen LogP contribution < -0.4 is 5.56 Å². The number of piperidine rings is 1. The Hall–Kier alpha value is -2.76. The Bertz CT molecular complexity index is 889. The average molecular weight is 367 g/mol. The minimum absolute atomic E-state index is 0.0219. The normalized spacial score (nSPS) is 17.0. The van der Waals surface area contributed by atoms with Crippen molar-refractivity contribution in [1.29, 1.82) is 0 Å². The van der Waals surface area contributed by atoms with Crippen LogP contribution in [0.1, 0.15) is 35.5 Å². The monoisotopic (exact) mass is 367 g/mol. The lowest BCUT2D eigenvalue weighted by Gasteiger charge is -2.32. The first-order chi connectivity index (χ1) is 12.9. The number of aromatic amines is 1. The maximum atomic E-state index is 12.7. The van der Waals surface area contributed by atoms with Crippen molar-refractivity contribution in [3.8, 4) is 0 Å². The summed E-state index contributed by atoms with van der Waals surface area (Å²) in [6, 6.07) is 9.67. The van der Waals surface area contributed by atoms with Crippen LogP contribution in [0.5, 0.6) is 0 Å². The van der Waals surface area contributed by atoms with Gasteiger partial charge in [0.1, 0.15) is 11.6 Å². The summed E-state index contributed by atoms with van der Waals surface area (Å²) in [6.07, 6.45) is 2.03. The van der Waals surface area contributed by atoms with E-state index in [9.17, 15) is 14.4 Å². The lowest BCUT2D eigenvalue weighted by atomic mass is 9.90. The van der Waals surface area contributed by atoms with Gasteiger partial charge in [0.2, 0.25) is 5.91 Å². The fourth-order valence-corrected chi connectivity index (χ4v) is 3.63. The Kier molecular flexibility index (Phi) is 5.84. The van der Waals surface area contributed by atoms with E-state index in [4.69, 9.17) is 0 Å². The number of Topliss-reactive ketones (excluding diaryl/α,β-unsaturated/α-hetero) is 1. The SMILES string of the molecule is Cc1nc(C)c(CC(=O)N2CCC[C@@H](C(=O)Cc3ccccc3)C2)c(=O)[nH]1. The van der Waals surface area contributed by atoms with E-state index in [1.54, 1.807) is 18.7 Å². The first-order valence-electron chi connectivity index (χ1n) is 9.35. The van der Waals surface area contributed by atoms with Gasteiger partial charge in [-0.15, -0.1) is 0 Å². The number of amides is 1. The van der Waals surface area contributed by atoms with Gasteiger partial charge in [0.05, 0.1) is 6.42 Å². The Labute approximate surface area is 158 Å². The number of hydrogen-bond acceptors (Lipinski definition) is 4. The standard InChI is InChI=1S/C21H25N3O3/c1-14-18(21(27)23-15(2)22-14)12-20(26)24-10-6-9-17(13-24)19(25)11-16-7-4-3-5-8-16/h3-5,7-8,17H,6,9-13H2,1-2H3,(H,22,23,27)/t17-/m1/s1. The second-order valence-corrected chi connectivity index (χ2v) is 7.20. The van der Waals surface area contributed by atoms with Gasteiger partial charge in [-0.25, -0.2) is 4.98 Å². The summed E-state index contributed by atoms with van der Waals surface area (Å²) in [5.74, 6) is 0.452. The molecule has 0 saturated carbocycles. The highest BCUT2D eigenvalue weighted by Crippen LogP contribution is 2.20. The molecule has 0 unspecified atom stereocenters. The Morgan fingerprint density at radius 1 is 1.19 bits per heavy atom. The number of rotatable bonds is 5. The summed E-state index contributed by atoms with van der Waals surface area (Å²) in [6.45, 7) is 4.52. The molecule has 6 heteroatoms. The van der Waals surface area contributed by atoms with Crippen molar-refractivity contribution >= 4 is 11.7 Å². The fourth-order valence-electron chi connectivity index (χ4n) is 3.63. The number of carbonyl (C=O) groups is 2. The third-order valence-electron chi connectivity index (χ3n) is 5.12. The molecule has 1 atom stereocenters. The number of aromatic nitrogens is 2. The molecule has 0 radical (unpaired) electrons. The quantitative estimate of drug-likeness (QED) is 0.876. The summed E-state index contributed by atoms with van der Waals surface area (Å²) in [7, 11) is 0. The number of nitrogens with zero attached hydrogens (tertiary/aromatic N) is 2. The van der Waals surface area contributed by atoms with Crippen LogP contribution in [0.2, 0.25) is 0 Å². The number of aryl methyl sites for hydroxylation is 2. The van der Waals surface area contributed by atoms with E-state index in [1.165, 1.54) is 0 Å². The zero-order valence-electron chi connectivity index (χ0n) is 15.8. The minimum Gasteiger partial charge on any atom is -0.342 e. The van der Waals surface area contributed by atoms with Crippen LogP contribution in [-0.4, -0.2) is 39.6 Å². The molecule has 0 bridgehead atoms. The molecule has 2 heterocycles. The van der Waals surface area contributed by atoms with Crippen molar-refractivity contribution < 1.29 is 9.59 Å². The molecular formula is C21H25N3O3. The molecule has 1 aliphatic heterocycles. The van der Waals surface area contributed by atoms with E-state index in [0.717, 1.165) is 18.4 Å². The van der Waals surface area contributed by atoms with Crippen LogP contribution in [0.4, 0.5) is 0 Å². The topological polar surface area (TPSA) is 83.1 Å². The molecular weight excluding hydrogens is 342 g/mol. The predicted octanol–water partition coefficient (Wildman–Crippen LogP) is 1.98. The van der Waals surface area contributed by atoms with Gasteiger partial charge < -0.3 is 9.88 Å². The van der Waals surface area contributed by atoms with Crippen molar-refractivity contribution in [3.05, 3.63) is 63.3 Å². The van der Waals surface area contributed by atoms with Crippen molar-refractivity contribution in [1.82, 2.24) is 14.9 Å². The number of hydrogen-bond donors (Lipinski definition) is 1. The number of likely N-dealkylation sites (tertiary alicyclic amines) is 1. The number of carbonyl (C=O) groups excluding carboxylic acids is 2. The largest absolute Gasteiger partial charge is 0.342 e. The minimum atomic E-state index is -0.262. The zero-order valence-corrected chi connectivity index (χ0v) is 15.8. The lowest BCUT2D eigenvalue weighted by molar-refractivity contribution is -0.134. The van der Waals surface area contributed by atoms with Gasteiger partial charge in [-0.3, -0.25) is 14.4 Å². The number of benzene rings is 1. The molecule has 6 nitrogen and oxygen atoms in total. The highest BCUT2D eigenvalue weighted by molar-refractivity contribution is 5.85. The molecule has 1 aromatic heterocycles. The van der Waals surface area contributed by atoms with Crippen LogP contribution in [0, 0.1) is 19.8 Å². The third-order valence-corrected chi connectivity index (χ3v) is 5.12. The van der Waals surface area contributed by atoms with Gasteiger partial charge in [-0.1, -0.05) is 30.3 Å². The summed E-state index contributed by atoms with van der Waals surface area (Å²) in [5.41, 5.74) is 1.72. The van der Waals surface area contributed by atoms with Crippen molar-refractivity contribution in [2.75, 3.05) is 13.1 Å². The first-order valence-corrected chi connectivity index (χ1v) is 9.35. The first kappa shape index (κ1) is 19.0. The molecule has 142 valence electrons. The fraction of sp³-hybridized carbons (Fsp3) is 0.429. The highest BCUT2D eigenvalue weighted by Gasteiger charge is 2.28. The predicted molar refractivity (Wildman–Crippen MR) is 102 cm³/mol. The van der Waals surface area contributed by atoms with Crippen LogP contribution in [0.25, 0.3) is 0 Å². The number of H-pyrrole nitrogens is 1. The van der Waals surface area contributed by atoms with Crippen molar-refractivity contribution in [2.24, 2.45) is 5.92 Å². The van der Waals surface area contributed by atoms with E-state index < -0.39 is 0 Å². The van der Waals surface area contributed by atoms with E-state index in [-0.39, 0.29) is 29.6 Å². The average Bonchev–Trinajstić information content (AvgIpc) is 2.65. The van der Waals surface area contributed by atoms with Gasteiger partial charge in [0, 0.05) is 36.7 Å². The third kappa shape index (κ3) is 4.70. The van der Waals surface area contributed by atoms with E-state index in [1.807, 2.05) is 30.3 Å². The van der Waals surface area contributed by atoms with Crippen molar-refractivity contribution in [3.63, 3.8) is 0 Å². The second kappa shape index (κ2) is 8.29. The van der Waals surface area contributed by atoms with Gasteiger partial charge >= 0.3 is 0 Å². The Morgan fingerprint density at radius 3 is 2.63 bits per heavy atom. The van der Waals surface area contributed by atoms with Gasteiger partial charge in [-0.05, 0) is 32.3 Å². The van der Waals surface area contributed by atoms with Crippen LogP contribution in [0.15, 0.2) is 35.1 Å². The summed E-state index contributed by atoms with van der Waals surface area (Å²) >= 11 is 0. The van der Waals surface area contributed by atoms with Crippen LogP contribution >= 0.6 is 0 Å². The number of ketones is 1. The summed E-state index contributed by atoms with van der Waals surface area (Å²) in [4.78, 5) is 46.1. The second-order valence-electron chi connectivity index (χ2n) is 7.20. The Balaban J connectivity index is 1.64. The van der Waals surface area contributed by atoms with Gasteiger partial charge in [0.25, 0.3) is 5.56 Å². The smallest absolute Gasteiger partial charge is 0.254 e. The number of nitrogens with one attached hydrogen (secondary N) is 1. The molecule has 27 heavy (non-hydrogen) atoms. The summed E-state index contributed by atoms with van der Waals surface area (Å²) < 4.78 is 0. The molecule has 1 N–H and O–H groups in total. The summed E-state index contributed by atoms with van der Waals surface area (Å²) in [5, 5.41) is 0. The molecule has 3 rings (SSSR count). The maximum absolute atomic E-state index is 12.7. The van der Waals surface area contributed by atoms with Crippen LogP contribution in [-0.2, 0) is 22.4 Å². The van der Waals surface area contributed by atoms with Crippen LogP contribution in [0.3, 0.4) is 0 Å².